The van der Waals surface area contributed by atoms with E-state index in [1.54, 1.807) is 12.1 Å². The van der Waals surface area contributed by atoms with Crippen LogP contribution in [0.3, 0.4) is 0 Å². The van der Waals surface area contributed by atoms with E-state index in [0.717, 1.165) is 0 Å². The first-order valence-electron chi connectivity index (χ1n) is 5.63. The highest BCUT2D eigenvalue weighted by Crippen LogP contribution is 2.23. The fraction of sp³-hybridized carbons (Fsp3) is 0.0714. The molecule has 0 bridgehead atoms. The summed E-state index contributed by atoms with van der Waals surface area (Å²) in [6.45, 7) is 0. The minimum Gasteiger partial charge on any atom is -0.478 e. The van der Waals surface area contributed by atoms with Crippen molar-refractivity contribution < 1.29 is 18.5 Å². The summed E-state index contributed by atoms with van der Waals surface area (Å²) in [5, 5.41) is 9.08. The van der Waals surface area contributed by atoms with Crippen LogP contribution in [-0.4, -0.2) is 15.3 Å². The Morgan fingerprint density at radius 1 is 1.25 bits per heavy atom. The smallest absolute Gasteiger partial charge is 0.336 e. The lowest BCUT2D eigenvalue weighted by Crippen LogP contribution is -2.06. The molecule has 1 atom stereocenters. The number of rotatable bonds is 4. The first kappa shape index (κ1) is 14.9. The van der Waals surface area contributed by atoms with Gasteiger partial charge in [-0.2, -0.15) is 0 Å². The number of halogens is 2. The molecule has 1 unspecified atom stereocenters. The highest BCUT2D eigenvalue weighted by Gasteiger charge is 2.16. The summed E-state index contributed by atoms with van der Waals surface area (Å²) in [5.74, 6) is -1.39. The second-order valence-corrected chi connectivity index (χ2v) is 6.30. The number of carboxylic acid groups (broad SMARTS) is 1. The van der Waals surface area contributed by atoms with Crippen molar-refractivity contribution in [2.75, 3.05) is 0 Å². The summed E-state index contributed by atoms with van der Waals surface area (Å²) >= 11 is 3.20. The molecule has 2 rings (SSSR count). The Balaban J connectivity index is 2.31. The molecule has 3 nitrogen and oxygen atoms in total. The van der Waals surface area contributed by atoms with Gasteiger partial charge in [0.05, 0.1) is 27.0 Å². The zero-order chi connectivity index (χ0) is 14.7. The van der Waals surface area contributed by atoms with Gasteiger partial charge in [0.1, 0.15) is 5.82 Å². The molecule has 2 aromatic carbocycles. The second kappa shape index (κ2) is 6.28. The van der Waals surface area contributed by atoms with Gasteiger partial charge in [0, 0.05) is 4.47 Å². The van der Waals surface area contributed by atoms with Crippen LogP contribution < -0.4 is 0 Å². The molecule has 20 heavy (non-hydrogen) atoms. The topological polar surface area (TPSA) is 54.4 Å². The van der Waals surface area contributed by atoms with Crippen LogP contribution >= 0.6 is 15.9 Å². The Kier molecular flexibility index (Phi) is 4.67. The molecule has 1 N–H and O–H groups in total. The van der Waals surface area contributed by atoms with Gasteiger partial charge in [-0.1, -0.05) is 34.1 Å². The Morgan fingerprint density at radius 2 is 1.95 bits per heavy atom. The van der Waals surface area contributed by atoms with E-state index < -0.39 is 22.6 Å². The SMILES string of the molecule is O=C(O)c1ccccc1S(=O)Cc1ccc(F)cc1Br. The molecule has 0 aliphatic rings. The lowest BCUT2D eigenvalue weighted by atomic mass is 10.2. The van der Waals surface area contributed by atoms with Crippen LogP contribution in [0, 0.1) is 5.82 Å². The Hall–Kier alpha value is -1.53. The minimum atomic E-state index is -1.52. The average molecular weight is 357 g/mol. The predicted octanol–water partition coefficient (Wildman–Crippen LogP) is 3.59. The van der Waals surface area contributed by atoms with Crippen molar-refractivity contribution in [3.05, 3.63) is 63.9 Å². The Bertz CT molecular complexity index is 688. The fourth-order valence-electron chi connectivity index (χ4n) is 1.70. The van der Waals surface area contributed by atoms with Crippen molar-refractivity contribution in [2.24, 2.45) is 0 Å². The highest BCUT2D eigenvalue weighted by atomic mass is 79.9. The summed E-state index contributed by atoms with van der Waals surface area (Å²) in [6.07, 6.45) is 0. The Morgan fingerprint density at radius 3 is 2.60 bits per heavy atom. The van der Waals surface area contributed by atoms with E-state index in [2.05, 4.69) is 15.9 Å². The van der Waals surface area contributed by atoms with E-state index in [9.17, 15) is 13.4 Å². The molecule has 0 spiro atoms. The van der Waals surface area contributed by atoms with Crippen molar-refractivity contribution in [3.8, 4) is 0 Å². The number of carbonyl (C=O) groups is 1. The van der Waals surface area contributed by atoms with E-state index in [1.807, 2.05) is 0 Å². The zero-order valence-corrected chi connectivity index (χ0v) is 12.6. The standard InChI is InChI=1S/C14H10BrFO3S/c15-12-7-10(16)6-5-9(12)8-20(19)13-4-2-1-3-11(13)14(17)18/h1-7H,8H2,(H,17,18). The molecular formula is C14H10BrFO3S. The van der Waals surface area contributed by atoms with E-state index in [0.29, 0.717) is 10.0 Å². The monoisotopic (exact) mass is 356 g/mol. The quantitative estimate of drug-likeness (QED) is 0.910. The van der Waals surface area contributed by atoms with Crippen LogP contribution in [-0.2, 0) is 16.6 Å². The summed E-state index contributed by atoms with van der Waals surface area (Å²) in [6, 6.07) is 10.3. The van der Waals surface area contributed by atoms with Crippen LogP contribution in [0.5, 0.6) is 0 Å². The lowest BCUT2D eigenvalue weighted by molar-refractivity contribution is 0.0693. The molecule has 0 saturated heterocycles. The van der Waals surface area contributed by atoms with Gasteiger partial charge in [-0.15, -0.1) is 0 Å². The molecule has 0 amide bonds. The summed E-state index contributed by atoms with van der Waals surface area (Å²) in [5.41, 5.74) is 0.675. The van der Waals surface area contributed by atoms with Gasteiger partial charge in [0.25, 0.3) is 0 Å². The predicted molar refractivity (Wildman–Crippen MR) is 77.6 cm³/mol. The summed E-state index contributed by atoms with van der Waals surface area (Å²) in [4.78, 5) is 11.4. The third kappa shape index (κ3) is 3.32. The fourth-order valence-corrected chi connectivity index (χ4v) is 3.70. The molecule has 6 heteroatoms. The number of hydrogen-bond acceptors (Lipinski definition) is 2. The largest absolute Gasteiger partial charge is 0.478 e. The van der Waals surface area contributed by atoms with E-state index in [4.69, 9.17) is 5.11 Å². The third-order valence-corrected chi connectivity index (χ3v) is 4.82. The lowest BCUT2D eigenvalue weighted by Gasteiger charge is -2.07. The van der Waals surface area contributed by atoms with Crippen molar-refractivity contribution >= 4 is 32.7 Å². The maximum atomic E-state index is 13.0. The number of benzene rings is 2. The van der Waals surface area contributed by atoms with Crippen molar-refractivity contribution in [1.82, 2.24) is 0 Å². The first-order valence-corrected chi connectivity index (χ1v) is 7.75. The Labute approximate surface area is 126 Å². The molecule has 0 saturated carbocycles. The maximum Gasteiger partial charge on any atom is 0.336 e. The number of carboxylic acids is 1. The van der Waals surface area contributed by atoms with E-state index in [-0.39, 0.29) is 16.2 Å². The van der Waals surface area contributed by atoms with Crippen LogP contribution in [0.1, 0.15) is 15.9 Å². The normalized spacial score (nSPS) is 12.1. The molecule has 0 aromatic heterocycles. The van der Waals surface area contributed by atoms with E-state index in [1.165, 1.54) is 30.3 Å². The molecule has 0 radical (unpaired) electrons. The molecular weight excluding hydrogens is 347 g/mol. The van der Waals surface area contributed by atoms with Gasteiger partial charge in [0.2, 0.25) is 0 Å². The molecule has 0 aliphatic carbocycles. The van der Waals surface area contributed by atoms with Crippen molar-refractivity contribution in [1.29, 1.82) is 0 Å². The molecule has 0 heterocycles. The van der Waals surface area contributed by atoms with Crippen LogP contribution in [0.25, 0.3) is 0 Å². The van der Waals surface area contributed by atoms with Gasteiger partial charge >= 0.3 is 5.97 Å². The van der Waals surface area contributed by atoms with Crippen molar-refractivity contribution in [3.63, 3.8) is 0 Å². The first-order chi connectivity index (χ1) is 9.49. The summed E-state index contributed by atoms with van der Waals surface area (Å²) < 4.78 is 25.8. The number of aromatic carboxylic acids is 1. The second-order valence-electron chi connectivity index (χ2n) is 4.03. The van der Waals surface area contributed by atoms with Crippen molar-refractivity contribution in [2.45, 2.75) is 10.6 Å². The average Bonchev–Trinajstić information content (AvgIpc) is 2.41. The van der Waals surface area contributed by atoms with Crippen LogP contribution in [0.15, 0.2) is 51.8 Å². The molecule has 0 fully saturated rings. The number of hydrogen-bond donors (Lipinski definition) is 1. The third-order valence-electron chi connectivity index (χ3n) is 2.66. The van der Waals surface area contributed by atoms with Crippen LogP contribution in [0.4, 0.5) is 4.39 Å². The summed E-state index contributed by atoms with van der Waals surface area (Å²) in [7, 11) is -1.52. The van der Waals surface area contributed by atoms with Gasteiger partial charge < -0.3 is 5.11 Å². The molecule has 2 aromatic rings. The van der Waals surface area contributed by atoms with Gasteiger partial charge in [-0.05, 0) is 29.8 Å². The van der Waals surface area contributed by atoms with Gasteiger partial charge in [-0.25, -0.2) is 9.18 Å². The maximum absolute atomic E-state index is 13.0. The van der Waals surface area contributed by atoms with Crippen LogP contribution in [0.2, 0.25) is 0 Å². The zero-order valence-electron chi connectivity index (χ0n) is 10.2. The van der Waals surface area contributed by atoms with Gasteiger partial charge in [-0.3, -0.25) is 4.21 Å². The van der Waals surface area contributed by atoms with E-state index >= 15 is 0 Å². The highest BCUT2D eigenvalue weighted by molar-refractivity contribution is 9.10. The molecule has 104 valence electrons. The molecule has 0 aliphatic heterocycles. The minimum absolute atomic E-state index is 0.0177. The van der Waals surface area contributed by atoms with Gasteiger partial charge in [0.15, 0.2) is 0 Å².